The quantitative estimate of drug-likeness (QED) is 0.384. The van der Waals surface area contributed by atoms with Gasteiger partial charge in [-0.3, -0.25) is 0 Å². The largest absolute Gasteiger partial charge is 1.00 e. The molecule has 0 N–H and O–H groups in total. The van der Waals surface area contributed by atoms with Gasteiger partial charge in [0.1, 0.15) is 5.97 Å². The summed E-state index contributed by atoms with van der Waals surface area (Å²) < 4.78 is 202. The minimum atomic E-state index is -8.61. The number of alkyl halides is 16. The van der Waals surface area contributed by atoms with Gasteiger partial charge in [-0.25, -0.2) is 8.78 Å². The monoisotopic (exact) mass is 468 g/mol. The molecule has 0 unspecified atom stereocenters. The SMILES string of the molecule is O=C([O-])C(F)(F)C(F)(F)C(F)(F)C(F)(F)C(F)(F)C(F)(F)C(F)(F)C(F)F.[Na+]. The summed E-state index contributed by atoms with van der Waals surface area (Å²) in [5.74, 6) is -61.5. The second-order valence-corrected chi connectivity index (χ2v) is 4.66. The first-order valence-corrected chi connectivity index (χ1v) is 5.53. The summed E-state index contributed by atoms with van der Waals surface area (Å²) in [6, 6.07) is 0. The number of hydrogen-bond acceptors (Lipinski definition) is 2. The maximum Gasteiger partial charge on any atom is 1.00 e. The fourth-order valence-electron chi connectivity index (χ4n) is 1.26. The minimum Gasteiger partial charge on any atom is -0.544 e. The maximum atomic E-state index is 13.0. The smallest absolute Gasteiger partial charge is 0.544 e. The van der Waals surface area contributed by atoms with Crippen molar-refractivity contribution in [2.45, 2.75) is 47.9 Å². The van der Waals surface area contributed by atoms with Crippen LogP contribution in [0.3, 0.4) is 0 Å². The van der Waals surface area contributed by atoms with E-state index in [1.165, 1.54) is 0 Å². The van der Waals surface area contributed by atoms with Crippen molar-refractivity contribution in [3.8, 4) is 0 Å². The van der Waals surface area contributed by atoms with Crippen LogP contribution in [0.15, 0.2) is 0 Å². The summed E-state index contributed by atoms with van der Waals surface area (Å²) in [7, 11) is 0. The van der Waals surface area contributed by atoms with Crippen LogP contribution in [0.4, 0.5) is 70.2 Å². The number of carbonyl (C=O) groups excluding carboxylic acids is 1. The van der Waals surface area contributed by atoms with Gasteiger partial charge in [-0.1, -0.05) is 0 Å². The van der Waals surface area contributed by atoms with E-state index < -0.39 is 53.9 Å². The molecular formula is C9HF16NaO2. The molecule has 2 nitrogen and oxygen atoms in total. The van der Waals surface area contributed by atoms with Crippen molar-refractivity contribution in [3.05, 3.63) is 0 Å². The molecule has 0 aliphatic heterocycles. The molecule has 0 bridgehead atoms. The van der Waals surface area contributed by atoms with Crippen molar-refractivity contribution in [1.82, 2.24) is 0 Å². The summed E-state index contributed by atoms with van der Waals surface area (Å²) in [5, 5.41) is 9.66. The molecule has 0 radical (unpaired) electrons. The van der Waals surface area contributed by atoms with Crippen molar-refractivity contribution in [2.75, 3.05) is 0 Å². The van der Waals surface area contributed by atoms with Crippen molar-refractivity contribution in [2.24, 2.45) is 0 Å². The molecule has 0 aromatic heterocycles. The maximum absolute atomic E-state index is 13.0. The second-order valence-electron chi connectivity index (χ2n) is 4.66. The number of carboxylic acid groups (broad SMARTS) is 1. The summed E-state index contributed by atoms with van der Waals surface area (Å²) in [6.45, 7) is 0. The van der Waals surface area contributed by atoms with E-state index in [0.717, 1.165) is 0 Å². The van der Waals surface area contributed by atoms with Crippen LogP contribution in [0.5, 0.6) is 0 Å². The standard InChI is InChI=1S/C9H2F16O2.Na/c10-1(11)3(12,13)5(16,17)7(20,21)9(24,25)8(22,23)6(18,19)4(14,15)2(26)27;/h1H,(H,26,27);/q;+1/p-1. The molecule has 0 saturated heterocycles. The van der Waals surface area contributed by atoms with Gasteiger partial charge in [-0.15, -0.1) is 0 Å². The van der Waals surface area contributed by atoms with Crippen molar-refractivity contribution in [3.63, 3.8) is 0 Å². The van der Waals surface area contributed by atoms with Gasteiger partial charge in [-0.2, -0.15) is 61.5 Å². The second kappa shape index (κ2) is 7.55. The Morgan fingerprint density at radius 2 is 0.821 bits per heavy atom. The van der Waals surface area contributed by atoms with Crippen LogP contribution in [-0.2, 0) is 4.79 Å². The van der Waals surface area contributed by atoms with E-state index >= 15 is 0 Å². The third-order valence-electron chi connectivity index (χ3n) is 2.92. The van der Waals surface area contributed by atoms with Crippen LogP contribution in [0.25, 0.3) is 0 Å². The Bertz CT molecular complexity index is 585. The normalized spacial score (nSPS) is 15.5. The molecule has 0 spiro atoms. The van der Waals surface area contributed by atoms with Gasteiger partial charge >= 0.3 is 77.4 Å². The first-order chi connectivity index (χ1) is 11.4. The van der Waals surface area contributed by atoms with Gasteiger partial charge in [0.05, 0.1) is 0 Å². The molecule has 0 amide bonds. The average molecular weight is 468 g/mol. The van der Waals surface area contributed by atoms with Gasteiger partial charge in [0.25, 0.3) is 0 Å². The Morgan fingerprint density at radius 3 is 1.07 bits per heavy atom. The Balaban J connectivity index is 0. The van der Waals surface area contributed by atoms with Crippen molar-refractivity contribution < 1.29 is 110 Å². The van der Waals surface area contributed by atoms with Crippen LogP contribution >= 0.6 is 0 Å². The Labute approximate surface area is 164 Å². The third-order valence-corrected chi connectivity index (χ3v) is 2.92. The molecule has 0 fully saturated rings. The molecule has 0 heterocycles. The van der Waals surface area contributed by atoms with Crippen LogP contribution in [0, 0.1) is 0 Å². The number of aliphatic carboxylic acids is 1. The van der Waals surface area contributed by atoms with Gasteiger partial charge in [0.2, 0.25) is 0 Å². The van der Waals surface area contributed by atoms with Gasteiger partial charge in [-0.05, 0) is 0 Å². The van der Waals surface area contributed by atoms with Crippen LogP contribution in [0.1, 0.15) is 0 Å². The van der Waals surface area contributed by atoms with Gasteiger partial charge in [0.15, 0.2) is 0 Å². The van der Waals surface area contributed by atoms with E-state index in [9.17, 15) is 80.1 Å². The minimum absolute atomic E-state index is 0. The van der Waals surface area contributed by atoms with E-state index in [4.69, 9.17) is 0 Å². The zero-order chi connectivity index (χ0) is 22.7. The molecule has 0 saturated carbocycles. The van der Waals surface area contributed by atoms with Crippen LogP contribution < -0.4 is 34.7 Å². The molecule has 162 valence electrons. The molecule has 0 aliphatic carbocycles. The van der Waals surface area contributed by atoms with Crippen molar-refractivity contribution in [1.29, 1.82) is 0 Å². The van der Waals surface area contributed by atoms with Crippen LogP contribution in [0.2, 0.25) is 0 Å². The first kappa shape index (κ1) is 29.6. The molecule has 0 aromatic carbocycles. The molecule has 0 aliphatic rings. The Morgan fingerprint density at radius 1 is 0.571 bits per heavy atom. The molecule has 0 aromatic rings. The zero-order valence-corrected chi connectivity index (χ0v) is 14.4. The molecule has 0 atom stereocenters. The van der Waals surface area contributed by atoms with Gasteiger partial charge < -0.3 is 9.90 Å². The average Bonchev–Trinajstić information content (AvgIpc) is 2.45. The summed E-state index contributed by atoms with van der Waals surface area (Å²) >= 11 is 0. The van der Waals surface area contributed by atoms with Crippen molar-refractivity contribution >= 4 is 5.97 Å². The fourth-order valence-corrected chi connectivity index (χ4v) is 1.26. The van der Waals surface area contributed by atoms with Crippen LogP contribution in [-0.4, -0.2) is 53.9 Å². The summed E-state index contributed by atoms with van der Waals surface area (Å²) in [5.41, 5.74) is 0. The number of rotatable bonds is 8. The fraction of sp³-hybridized carbons (Fsp3) is 0.889. The Kier molecular flexibility index (Phi) is 7.97. The number of carbonyl (C=O) groups is 1. The number of halogens is 16. The zero-order valence-electron chi connectivity index (χ0n) is 12.4. The number of carboxylic acids is 1. The molecular weight excluding hydrogens is 467 g/mol. The van der Waals surface area contributed by atoms with E-state index in [1.54, 1.807) is 0 Å². The summed E-state index contributed by atoms with van der Waals surface area (Å²) in [4.78, 5) is 9.66. The first-order valence-electron chi connectivity index (χ1n) is 5.53. The van der Waals surface area contributed by atoms with E-state index in [1.807, 2.05) is 0 Å². The number of hydrogen-bond donors (Lipinski definition) is 0. The predicted molar refractivity (Wildman–Crippen MR) is 45.6 cm³/mol. The van der Waals surface area contributed by atoms with E-state index in [2.05, 4.69) is 0 Å². The molecule has 0 rings (SSSR count). The molecule has 19 heteroatoms. The third kappa shape index (κ3) is 3.52. The predicted octanol–water partition coefficient (Wildman–Crippen LogP) is 0.452. The van der Waals surface area contributed by atoms with Gasteiger partial charge in [0, 0.05) is 0 Å². The van der Waals surface area contributed by atoms with E-state index in [-0.39, 0.29) is 29.6 Å². The Hall–Kier alpha value is -0.650. The summed E-state index contributed by atoms with van der Waals surface area (Å²) in [6.07, 6.45) is -5.94. The molecule has 28 heavy (non-hydrogen) atoms. The van der Waals surface area contributed by atoms with E-state index in [0.29, 0.717) is 0 Å². The topological polar surface area (TPSA) is 40.1 Å².